The van der Waals surface area contributed by atoms with Crippen molar-refractivity contribution in [1.29, 1.82) is 0 Å². The Morgan fingerprint density at radius 3 is 2.30 bits per heavy atom. The number of carbonyl (C=O) groups excluding carboxylic acids is 1. The summed E-state index contributed by atoms with van der Waals surface area (Å²) >= 11 is 0. The molecule has 1 aromatic heterocycles. The van der Waals surface area contributed by atoms with Crippen LogP contribution in [0.1, 0.15) is 34.6 Å². The number of halogens is 3. The first-order valence-electron chi connectivity index (χ1n) is 6.60. The molecular formula is C14H15F3N4O2. The van der Waals surface area contributed by atoms with Gasteiger partial charge >= 0.3 is 6.36 Å². The number of ether oxygens (including phenoxy) is 1. The van der Waals surface area contributed by atoms with E-state index >= 15 is 0 Å². The van der Waals surface area contributed by atoms with Crippen LogP contribution in [0.4, 0.5) is 19.0 Å². The number of benzene rings is 1. The van der Waals surface area contributed by atoms with Gasteiger partial charge < -0.3 is 16.2 Å². The molecule has 1 amide bonds. The summed E-state index contributed by atoms with van der Waals surface area (Å²) in [6.45, 7) is 3.34. The number of anilines is 1. The number of alkyl halides is 3. The molecule has 2 aromatic rings. The van der Waals surface area contributed by atoms with E-state index in [0.29, 0.717) is 11.3 Å². The van der Waals surface area contributed by atoms with Crippen LogP contribution >= 0.6 is 0 Å². The summed E-state index contributed by atoms with van der Waals surface area (Å²) in [5, 5.41) is 4.17. The predicted octanol–water partition coefficient (Wildman–Crippen LogP) is 2.38. The van der Waals surface area contributed by atoms with Crippen LogP contribution in [0.2, 0.25) is 0 Å². The summed E-state index contributed by atoms with van der Waals surface area (Å²) in [5.41, 5.74) is 12.3. The maximum absolute atomic E-state index is 12.1. The van der Waals surface area contributed by atoms with Gasteiger partial charge in [0.05, 0.1) is 11.7 Å². The van der Waals surface area contributed by atoms with Crippen molar-refractivity contribution in [1.82, 2.24) is 9.78 Å². The Morgan fingerprint density at radius 2 is 1.87 bits per heavy atom. The standard InChI is InChI=1S/C14H15F3N4O2/c1-7-11(13(19)22)12(18)21(20-7)8(2)9-3-5-10(6-4-9)23-14(15,16)17/h3-6,8H,18H2,1-2H3,(H2,19,22). The van der Waals surface area contributed by atoms with Crippen LogP contribution in [-0.2, 0) is 0 Å². The summed E-state index contributed by atoms with van der Waals surface area (Å²) in [6, 6.07) is 4.92. The van der Waals surface area contributed by atoms with E-state index < -0.39 is 18.3 Å². The summed E-state index contributed by atoms with van der Waals surface area (Å²) < 4.78 is 41.6. The number of nitrogens with two attached hydrogens (primary N) is 2. The molecule has 0 saturated heterocycles. The minimum Gasteiger partial charge on any atom is -0.406 e. The van der Waals surface area contributed by atoms with Gasteiger partial charge in [-0.25, -0.2) is 4.68 Å². The highest BCUT2D eigenvalue weighted by Gasteiger charge is 2.31. The quantitative estimate of drug-likeness (QED) is 0.900. The van der Waals surface area contributed by atoms with Crippen LogP contribution in [-0.4, -0.2) is 22.1 Å². The SMILES string of the molecule is Cc1nn(C(C)c2ccc(OC(F)(F)F)cc2)c(N)c1C(N)=O. The van der Waals surface area contributed by atoms with Crippen LogP contribution in [0.5, 0.6) is 5.75 Å². The molecule has 1 unspecified atom stereocenters. The fraction of sp³-hybridized carbons (Fsp3) is 0.286. The highest BCUT2D eigenvalue weighted by molar-refractivity contribution is 5.98. The first kappa shape index (κ1) is 16.7. The fourth-order valence-electron chi connectivity index (χ4n) is 2.25. The molecule has 0 aliphatic rings. The molecule has 1 aromatic carbocycles. The predicted molar refractivity (Wildman–Crippen MR) is 76.8 cm³/mol. The van der Waals surface area contributed by atoms with Crippen molar-refractivity contribution in [3.8, 4) is 5.75 Å². The molecule has 0 radical (unpaired) electrons. The second-order valence-electron chi connectivity index (χ2n) is 4.95. The second kappa shape index (κ2) is 5.82. The first-order valence-corrected chi connectivity index (χ1v) is 6.60. The molecule has 2 rings (SSSR count). The molecule has 1 atom stereocenters. The van der Waals surface area contributed by atoms with E-state index in [2.05, 4.69) is 9.84 Å². The maximum atomic E-state index is 12.1. The highest BCUT2D eigenvalue weighted by atomic mass is 19.4. The maximum Gasteiger partial charge on any atom is 0.573 e. The van der Waals surface area contributed by atoms with Crippen molar-refractivity contribution < 1.29 is 22.7 Å². The highest BCUT2D eigenvalue weighted by Crippen LogP contribution is 2.28. The average molecular weight is 328 g/mol. The third kappa shape index (κ3) is 3.55. The Balaban J connectivity index is 2.29. The lowest BCUT2D eigenvalue weighted by Gasteiger charge is -2.15. The van der Waals surface area contributed by atoms with E-state index in [9.17, 15) is 18.0 Å². The third-order valence-electron chi connectivity index (χ3n) is 3.33. The van der Waals surface area contributed by atoms with Gasteiger partial charge in [-0.3, -0.25) is 4.79 Å². The van der Waals surface area contributed by atoms with Crippen LogP contribution in [0.25, 0.3) is 0 Å². The van der Waals surface area contributed by atoms with Crippen molar-refractivity contribution in [2.24, 2.45) is 5.73 Å². The monoisotopic (exact) mass is 328 g/mol. The van der Waals surface area contributed by atoms with Crippen molar-refractivity contribution in [3.63, 3.8) is 0 Å². The number of hydrogen-bond donors (Lipinski definition) is 2. The van der Waals surface area contributed by atoms with Gasteiger partial charge in [-0.05, 0) is 31.5 Å². The Kier molecular flexibility index (Phi) is 4.22. The molecule has 0 aliphatic carbocycles. The molecule has 0 fully saturated rings. The molecule has 1 heterocycles. The summed E-state index contributed by atoms with van der Waals surface area (Å²) in [5.74, 6) is -0.901. The van der Waals surface area contributed by atoms with E-state index in [1.54, 1.807) is 13.8 Å². The molecule has 124 valence electrons. The van der Waals surface area contributed by atoms with Gasteiger partial charge in [0.15, 0.2) is 0 Å². The summed E-state index contributed by atoms with van der Waals surface area (Å²) in [6.07, 6.45) is -4.74. The molecule has 0 aliphatic heterocycles. The van der Waals surface area contributed by atoms with Gasteiger partial charge in [-0.15, -0.1) is 13.2 Å². The molecule has 9 heteroatoms. The van der Waals surface area contributed by atoms with Gasteiger partial charge in [-0.1, -0.05) is 12.1 Å². The smallest absolute Gasteiger partial charge is 0.406 e. The molecule has 4 N–H and O–H groups in total. The second-order valence-corrected chi connectivity index (χ2v) is 4.95. The molecule has 23 heavy (non-hydrogen) atoms. The zero-order valence-corrected chi connectivity index (χ0v) is 12.4. The van der Waals surface area contributed by atoms with Crippen molar-refractivity contribution in [2.45, 2.75) is 26.3 Å². The molecule has 0 spiro atoms. The van der Waals surface area contributed by atoms with Gasteiger partial charge in [0.2, 0.25) is 0 Å². The molecule has 0 saturated carbocycles. The van der Waals surface area contributed by atoms with Crippen molar-refractivity contribution in [3.05, 3.63) is 41.1 Å². The number of aryl methyl sites for hydroxylation is 1. The number of rotatable bonds is 4. The Labute approximate surface area is 129 Å². The number of primary amides is 1. The van der Waals surface area contributed by atoms with Crippen LogP contribution in [0, 0.1) is 6.92 Å². The van der Waals surface area contributed by atoms with E-state index in [1.165, 1.54) is 28.9 Å². The normalized spacial score (nSPS) is 12.9. The lowest BCUT2D eigenvalue weighted by atomic mass is 10.1. The fourth-order valence-corrected chi connectivity index (χ4v) is 2.25. The van der Waals surface area contributed by atoms with Gasteiger partial charge in [0.25, 0.3) is 5.91 Å². The summed E-state index contributed by atoms with van der Waals surface area (Å²) in [4.78, 5) is 11.4. The van der Waals surface area contributed by atoms with Gasteiger partial charge in [0.1, 0.15) is 17.1 Å². The molecule has 6 nitrogen and oxygen atoms in total. The minimum absolute atomic E-state index is 0.109. The Bertz CT molecular complexity index is 723. The number of nitrogens with zero attached hydrogens (tertiary/aromatic N) is 2. The zero-order valence-electron chi connectivity index (χ0n) is 12.4. The minimum atomic E-state index is -4.74. The van der Waals surface area contributed by atoms with E-state index in [-0.39, 0.29) is 17.1 Å². The summed E-state index contributed by atoms with van der Waals surface area (Å²) in [7, 11) is 0. The number of hydrogen-bond acceptors (Lipinski definition) is 4. The van der Waals surface area contributed by atoms with Gasteiger partial charge in [0, 0.05) is 0 Å². The number of carbonyl (C=O) groups is 1. The van der Waals surface area contributed by atoms with E-state index in [4.69, 9.17) is 11.5 Å². The van der Waals surface area contributed by atoms with Crippen molar-refractivity contribution in [2.75, 3.05) is 5.73 Å². The third-order valence-corrected chi connectivity index (χ3v) is 3.33. The van der Waals surface area contributed by atoms with Crippen LogP contribution < -0.4 is 16.2 Å². The van der Waals surface area contributed by atoms with Crippen LogP contribution in [0.15, 0.2) is 24.3 Å². The number of nitrogen functional groups attached to an aromatic ring is 1. The first-order chi connectivity index (χ1) is 10.6. The van der Waals surface area contributed by atoms with E-state index in [0.717, 1.165) is 0 Å². The van der Waals surface area contributed by atoms with Crippen molar-refractivity contribution >= 4 is 11.7 Å². The van der Waals surface area contributed by atoms with Crippen LogP contribution in [0.3, 0.4) is 0 Å². The zero-order chi connectivity index (χ0) is 17.4. The molecule has 0 bridgehead atoms. The largest absolute Gasteiger partial charge is 0.573 e. The topological polar surface area (TPSA) is 96.2 Å². The Morgan fingerprint density at radius 1 is 1.30 bits per heavy atom. The Hall–Kier alpha value is -2.71. The lowest BCUT2D eigenvalue weighted by Crippen LogP contribution is -2.17. The van der Waals surface area contributed by atoms with Gasteiger partial charge in [-0.2, -0.15) is 5.10 Å². The lowest BCUT2D eigenvalue weighted by molar-refractivity contribution is -0.274. The number of amides is 1. The number of aromatic nitrogens is 2. The van der Waals surface area contributed by atoms with E-state index in [1.807, 2.05) is 0 Å². The average Bonchev–Trinajstić information content (AvgIpc) is 2.72. The molecular weight excluding hydrogens is 313 g/mol.